The van der Waals surface area contributed by atoms with E-state index in [1.54, 1.807) is 12.1 Å². The maximum Gasteiger partial charge on any atom is 0.263 e. The molecule has 1 amide bonds. The number of carbonyl (C=O) groups excluding carboxylic acids is 1. The molecule has 0 atom stereocenters. The highest BCUT2D eigenvalue weighted by Crippen LogP contribution is 2.21. The van der Waals surface area contributed by atoms with E-state index in [4.69, 9.17) is 0 Å². The van der Waals surface area contributed by atoms with E-state index >= 15 is 0 Å². The highest BCUT2D eigenvalue weighted by Gasteiger charge is 2.17. The average molecular weight is 417 g/mol. The van der Waals surface area contributed by atoms with Gasteiger partial charge in [0.05, 0.1) is 11.3 Å². The molecule has 7 nitrogen and oxygen atoms in total. The summed E-state index contributed by atoms with van der Waals surface area (Å²) in [6, 6.07) is 13.7. The summed E-state index contributed by atoms with van der Waals surface area (Å²) >= 11 is 1.20. The Morgan fingerprint density at radius 3 is 2.32 bits per heavy atom. The molecule has 0 aliphatic rings. The number of amides is 1. The predicted molar refractivity (Wildman–Crippen MR) is 110 cm³/mol. The molecule has 3 aromatic rings. The molecule has 1 aromatic heterocycles. The maximum absolute atomic E-state index is 12.4. The normalized spacial score (nSPS) is 11.2. The number of carbonyl (C=O) groups is 1. The Morgan fingerprint density at radius 2 is 1.71 bits per heavy atom. The van der Waals surface area contributed by atoms with Gasteiger partial charge in [0.15, 0.2) is 0 Å². The molecule has 0 aliphatic heterocycles. The number of nitrogens with zero attached hydrogens (tertiary/aromatic N) is 2. The van der Waals surface area contributed by atoms with Crippen molar-refractivity contribution in [3.8, 4) is 0 Å². The van der Waals surface area contributed by atoms with Gasteiger partial charge in [-0.15, -0.1) is 10.2 Å². The van der Waals surface area contributed by atoms with Gasteiger partial charge in [0.1, 0.15) is 5.01 Å². The number of hydrogen-bond donors (Lipinski definition) is 2. The van der Waals surface area contributed by atoms with Crippen molar-refractivity contribution in [1.82, 2.24) is 10.2 Å². The lowest BCUT2D eigenvalue weighted by molar-refractivity contribution is -0.115. The molecule has 0 aliphatic carbocycles. The molecule has 0 radical (unpaired) electrons. The van der Waals surface area contributed by atoms with Crippen LogP contribution in [0.3, 0.4) is 0 Å². The first-order valence-electron chi connectivity index (χ1n) is 8.66. The van der Waals surface area contributed by atoms with Gasteiger partial charge in [-0.05, 0) is 43.2 Å². The predicted octanol–water partition coefficient (Wildman–Crippen LogP) is 3.39. The molecule has 0 saturated carbocycles. The molecular formula is C19H20N4O3S2. The fourth-order valence-electron chi connectivity index (χ4n) is 2.43. The number of aryl methyl sites for hydroxylation is 2. The number of anilines is 2. The second kappa shape index (κ2) is 8.49. The minimum absolute atomic E-state index is 0.0808. The van der Waals surface area contributed by atoms with Gasteiger partial charge >= 0.3 is 0 Å². The Labute approximate surface area is 167 Å². The van der Waals surface area contributed by atoms with Gasteiger partial charge in [-0.25, -0.2) is 8.42 Å². The van der Waals surface area contributed by atoms with Crippen LogP contribution >= 0.6 is 11.3 Å². The van der Waals surface area contributed by atoms with E-state index in [-0.39, 0.29) is 22.4 Å². The number of hydrogen-bond acceptors (Lipinski definition) is 6. The van der Waals surface area contributed by atoms with Crippen LogP contribution in [-0.4, -0.2) is 24.5 Å². The molecule has 0 spiro atoms. The highest BCUT2D eigenvalue weighted by atomic mass is 32.2. The summed E-state index contributed by atoms with van der Waals surface area (Å²) in [7, 11) is -3.76. The molecule has 1 heterocycles. The van der Waals surface area contributed by atoms with Crippen molar-refractivity contribution in [2.45, 2.75) is 31.6 Å². The Morgan fingerprint density at radius 1 is 1.04 bits per heavy atom. The maximum atomic E-state index is 12.4. The molecule has 0 unspecified atom stereocenters. The van der Waals surface area contributed by atoms with E-state index in [1.165, 1.54) is 23.5 Å². The van der Waals surface area contributed by atoms with Crippen LogP contribution in [0.1, 0.15) is 23.1 Å². The van der Waals surface area contributed by atoms with E-state index in [1.807, 2.05) is 38.1 Å². The third-order valence-corrected chi connectivity index (χ3v) is 6.39. The lowest BCUT2D eigenvalue weighted by Gasteiger charge is -2.08. The standard InChI is InChI=1S/C19H20N4O3S2/c1-3-18-21-22-19(27-18)23-28(25,26)16-10-8-15(9-11-16)20-17(24)12-14-6-4-13(2)5-7-14/h4-11H,3,12H2,1-2H3,(H,20,24)(H,22,23). The topological polar surface area (TPSA) is 101 Å². The van der Waals surface area contributed by atoms with Gasteiger partial charge in [0.2, 0.25) is 11.0 Å². The van der Waals surface area contributed by atoms with Gasteiger partial charge in [-0.1, -0.05) is 48.1 Å². The minimum Gasteiger partial charge on any atom is -0.326 e. The fraction of sp³-hybridized carbons (Fsp3) is 0.211. The highest BCUT2D eigenvalue weighted by molar-refractivity contribution is 7.93. The zero-order chi connectivity index (χ0) is 20.1. The Bertz CT molecular complexity index is 1060. The van der Waals surface area contributed by atoms with Gasteiger partial charge in [0.25, 0.3) is 10.0 Å². The first-order chi connectivity index (χ1) is 13.4. The fourth-order valence-corrected chi connectivity index (χ4v) is 4.34. The average Bonchev–Trinajstić information content (AvgIpc) is 3.11. The van der Waals surface area contributed by atoms with E-state index in [0.29, 0.717) is 12.1 Å². The lowest BCUT2D eigenvalue weighted by atomic mass is 10.1. The van der Waals surface area contributed by atoms with Crippen LogP contribution < -0.4 is 10.0 Å². The smallest absolute Gasteiger partial charge is 0.263 e. The van der Waals surface area contributed by atoms with Gasteiger partial charge in [0, 0.05) is 5.69 Å². The van der Waals surface area contributed by atoms with Gasteiger partial charge in [-0.2, -0.15) is 0 Å². The largest absolute Gasteiger partial charge is 0.326 e. The van der Waals surface area contributed by atoms with Gasteiger partial charge in [-0.3, -0.25) is 9.52 Å². The first kappa shape index (κ1) is 20.0. The van der Waals surface area contributed by atoms with Crippen molar-refractivity contribution in [3.63, 3.8) is 0 Å². The zero-order valence-corrected chi connectivity index (χ0v) is 17.1. The molecule has 0 fully saturated rings. The van der Waals surface area contributed by atoms with Crippen molar-refractivity contribution >= 4 is 38.1 Å². The summed E-state index contributed by atoms with van der Waals surface area (Å²) in [4.78, 5) is 12.2. The monoisotopic (exact) mass is 416 g/mol. The van der Waals surface area contributed by atoms with Crippen LogP contribution in [0.2, 0.25) is 0 Å². The summed E-state index contributed by atoms with van der Waals surface area (Å²) in [5.41, 5.74) is 2.57. The van der Waals surface area contributed by atoms with E-state index in [9.17, 15) is 13.2 Å². The van der Waals surface area contributed by atoms with Crippen molar-refractivity contribution < 1.29 is 13.2 Å². The molecule has 9 heteroatoms. The molecule has 0 saturated heterocycles. The summed E-state index contributed by atoms with van der Waals surface area (Å²) in [6.45, 7) is 3.91. The van der Waals surface area contributed by atoms with E-state index in [0.717, 1.165) is 16.1 Å². The third kappa shape index (κ3) is 5.14. The molecule has 0 bridgehead atoms. The van der Waals surface area contributed by atoms with Crippen molar-refractivity contribution in [3.05, 3.63) is 64.7 Å². The van der Waals surface area contributed by atoms with Crippen LogP contribution in [-0.2, 0) is 27.7 Å². The van der Waals surface area contributed by atoms with Crippen LogP contribution in [0, 0.1) is 6.92 Å². The van der Waals surface area contributed by atoms with Crippen molar-refractivity contribution in [2.75, 3.05) is 10.0 Å². The molecular weight excluding hydrogens is 396 g/mol. The molecule has 28 heavy (non-hydrogen) atoms. The minimum atomic E-state index is -3.76. The summed E-state index contributed by atoms with van der Waals surface area (Å²) < 4.78 is 27.3. The molecule has 2 aromatic carbocycles. The first-order valence-corrected chi connectivity index (χ1v) is 11.0. The third-order valence-electron chi connectivity index (χ3n) is 3.92. The van der Waals surface area contributed by atoms with Crippen LogP contribution in [0.15, 0.2) is 53.4 Å². The summed E-state index contributed by atoms with van der Waals surface area (Å²) in [5.74, 6) is -0.168. The van der Waals surface area contributed by atoms with E-state index < -0.39 is 10.0 Å². The molecule has 3 rings (SSSR count). The summed E-state index contributed by atoms with van der Waals surface area (Å²) in [5, 5.41) is 11.5. The quantitative estimate of drug-likeness (QED) is 0.615. The Balaban J connectivity index is 1.63. The second-order valence-electron chi connectivity index (χ2n) is 6.19. The SMILES string of the molecule is CCc1nnc(NS(=O)(=O)c2ccc(NC(=O)Cc3ccc(C)cc3)cc2)s1. The number of nitrogens with one attached hydrogen (secondary N) is 2. The van der Waals surface area contributed by atoms with Crippen LogP contribution in [0.5, 0.6) is 0 Å². The number of benzene rings is 2. The van der Waals surface area contributed by atoms with E-state index in [2.05, 4.69) is 20.2 Å². The lowest BCUT2D eigenvalue weighted by Crippen LogP contribution is -2.15. The van der Waals surface area contributed by atoms with Crippen molar-refractivity contribution in [2.24, 2.45) is 0 Å². The number of rotatable bonds is 7. The summed E-state index contributed by atoms with van der Waals surface area (Å²) in [6.07, 6.45) is 0.940. The zero-order valence-electron chi connectivity index (χ0n) is 15.5. The molecule has 2 N–H and O–H groups in total. The Kier molecular flexibility index (Phi) is 6.05. The van der Waals surface area contributed by atoms with Gasteiger partial charge < -0.3 is 5.32 Å². The molecule has 146 valence electrons. The van der Waals surface area contributed by atoms with Crippen molar-refractivity contribution in [1.29, 1.82) is 0 Å². The van der Waals surface area contributed by atoms with Crippen LogP contribution in [0.4, 0.5) is 10.8 Å². The number of sulfonamides is 1. The Hall–Kier alpha value is -2.78. The second-order valence-corrected chi connectivity index (χ2v) is 8.94. The van der Waals surface area contributed by atoms with Crippen LogP contribution in [0.25, 0.3) is 0 Å². The number of aromatic nitrogens is 2.